The predicted molar refractivity (Wildman–Crippen MR) is 76.2 cm³/mol. The second-order valence-corrected chi connectivity index (χ2v) is 6.48. The number of nitrogens with one attached hydrogen (secondary N) is 1. The molecule has 2 rings (SSSR count). The fraction of sp³-hybridized carbons (Fsp3) is 0.500. The van der Waals surface area contributed by atoms with Crippen molar-refractivity contribution in [3.05, 3.63) is 33.8 Å². The number of benzene rings is 1. The van der Waals surface area contributed by atoms with E-state index in [9.17, 15) is 4.79 Å². The van der Waals surface area contributed by atoms with E-state index in [2.05, 4.69) is 39.4 Å². The highest BCUT2D eigenvalue weighted by atomic mass is 79.9. The Balaban J connectivity index is 2.04. The van der Waals surface area contributed by atoms with Crippen molar-refractivity contribution < 1.29 is 4.79 Å². The number of aryl methyl sites for hydroxylation is 1. The smallest absolute Gasteiger partial charge is 0.224 e. The molecule has 1 amide bonds. The minimum atomic E-state index is -0.502. The second kappa shape index (κ2) is 5.02. The maximum absolute atomic E-state index is 11.3. The van der Waals surface area contributed by atoms with Crippen LogP contribution in [0.2, 0.25) is 0 Å². The van der Waals surface area contributed by atoms with Crippen molar-refractivity contribution in [1.29, 1.82) is 0 Å². The van der Waals surface area contributed by atoms with Crippen LogP contribution in [0.25, 0.3) is 0 Å². The molecular formula is C14H19BrN2O. The van der Waals surface area contributed by atoms with E-state index in [0.29, 0.717) is 12.6 Å². The maximum atomic E-state index is 11.3. The van der Waals surface area contributed by atoms with Gasteiger partial charge < -0.3 is 11.1 Å². The van der Waals surface area contributed by atoms with Crippen LogP contribution in [0.4, 0.5) is 0 Å². The number of hydrogen-bond donors (Lipinski definition) is 2. The molecule has 0 spiro atoms. The Morgan fingerprint density at radius 1 is 1.56 bits per heavy atom. The van der Waals surface area contributed by atoms with Crippen molar-refractivity contribution in [2.24, 2.45) is 11.1 Å². The van der Waals surface area contributed by atoms with Gasteiger partial charge in [-0.15, -0.1) is 0 Å². The molecule has 0 unspecified atom stereocenters. The third-order valence-electron chi connectivity index (χ3n) is 3.64. The van der Waals surface area contributed by atoms with Crippen molar-refractivity contribution in [3.8, 4) is 0 Å². The van der Waals surface area contributed by atoms with Gasteiger partial charge in [-0.05, 0) is 49.9 Å². The normalized spacial score (nSPS) is 18.7. The molecule has 98 valence electrons. The lowest BCUT2D eigenvalue weighted by Gasteiger charge is -2.24. The van der Waals surface area contributed by atoms with Gasteiger partial charge in [0.25, 0.3) is 0 Å². The van der Waals surface area contributed by atoms with Crippen LogP contribution in [0.15, 0.2) is 22.7 Å². The molecule has 0 fully saturated rings. The summed E-state index contributed by atoms with van der Waals surface area (Å²) in [5, 5.41) is 3.46. The van der Waals surface area contributed by atoms with E-state index in [1.807, 2.05) is 13.8 Å². The minimum Gasteiger partial charge on any atom is -0.369 e. The standard InChI is InChI=1S/C14H19BrN2O/c1-14(2,13(16)18)8-17-12-6-3-9-7-10(15)4-5-11(9)12/h4-5,7,12,17H,3,6,8H2,1-2H3,(H2,16,18)/t12-/m0/s1. The summed E-state index contributed by atoms with van der Waals surface area (Å²) >= 11 is 3.49. The fourth-order valence-corrected chi connectivity index (χ4v) is 2.67. The largest absolute Gasteiger partial charge is 0.369 e. The Bertz CT molecular complexity index is 471. The molecule has 0 radical (unpaired) electrons. The van der Waals surface area contributed by atoms with Crippen LogP contribution in [0.5, 0.6) is 0 Å². The van der Waals surface area contributed by atoms with Gasteiger partial charge in [0.15, 0.2) is 0 Å². The summed E-state index contributed by atoms with van der Waals surface area (Å²) in [6.45, 7) is 4.36. The van der Waals surface area contributed by atoms with Gasteiger partial charge in [-0.1, -0.05) is 22.0 Å². The number of halogens is 1. The number of primary amides is 1. The van der Waals surface area contributed by atoms with Crippen molar-refractivity contribution in [1.82, 2.24) is 5.32 Å². The van der Waals surface area contributed by atoms with Crippen molar-refractivity contribution in [2.75, 3.05) is 6.54 Å². The first kappa shape index (κ1) is 13.6. The van der Waals surface area contributed by atoms with Crippen LogP contribution in [0.3, 0.4) is 0 Å². The zero-order chi connectivity index (χ0) is 13.3. The number of fused-ring (bicyclic) bond motifs is 1. The van der Waals surface area contributed by atoms with E-state index in [-0.39, 0.29) is 5.91 Å². The van der Waals surface area contributed by atoms with E-state index < -0.39 is 5.41 Å². The molecule has 3 nitrogen and oxygen atoms in total. The van der Waals surface area contributed by atoms with Gasteiger partial charge in [0.1, 0.15) is 0 Å². The predicted octanol–water partition coefficient (Wildman–Crippen LogP) is 2.54. The Labute approximate surface area is 116 Å². The molecule has 3 N–H and O–H groups in total. The lowest BCUT2D eigenvalue weighted by Crippen LogP contribution is -2.41. The van der Waals surface area contributed by atoms with Crippen LogP contribution in [-0.2, 0) is 11.2 Å². The monoisotopic (exact) mass is 310 g/mol. The summed E-state index contributed by atoms with van der Waals surface area (Å²) in [5.41, 5.74) is 7.62. The number of nitrogens with two attached hydrogens (primary N) is 1. The lowest BCUT2D eigenvalue weighted by molar-refractivity contribution is -0.125. The summed E-state index contributed by atoms with van der Waals surface area (Å²) in [7, 11) is 0. The molecule has 1 aromatic rings. The molecule has 18 heavy (non-hydrogen) atoms. The van der Waals surface area contributed by atoms with Crippen molar-refractivity contribution >= 4 is 21.8 Å². The molecule has 1 aliphatic rings. The number of hydrogen-bond acceptors (Lipinski definition) is 2. The summed E-state index contributed by atoms with van der Waals surface area (Å²) in [4.78, 5) is 11.3. The van der Waals surface area contributed by atoms with Gasteiger partial charge in [0, 0.05) is 17.1 Å². The van der Waals surface area contributed by atoms with Crippen LogP contribution in [0, 0.1) is 5.41 Å². The van der Waals surface area contributed by atoms with Gasteiger partial charge in [-0.2, -0.15) is 0 Å². The SMILES string of the molecule is CC(C)(CN[C@H]1CCc2cc(Br)ccc21)C(N)=O. The maximum Gasteiger partial charge on any atom is 0.224 e. The lowest BCUT2D eigenvalue weighted by atomic mass is 9.92. The average molecular weight is 311 g/mol. The summed E-state index contributed by atoms with van der Waals surface area (Å²) in [6, 6.07) is 6.74. The highest BCUT2D eigenvalue weighted by Crippen LogP contribution is 2.33. The molecule has 1 aromatic carbocycles. The number of carbonyl (C=O) groups excluding carboxylic acids is 1. The van der Waals surface area contributed by atoms with Crippen molar-refractivity contribution in [3.63, 3.8) is 0 Å². The van der Waals surface area contributed by atoms with Crippen LogP contribution >= 0.6 is 15.9 Å². The summed E-state index contributed by atoms with van der Waals surface area (Å²) < 4.78 is 1.12. The van der Waals surface area contributed by atoms with E-state index >= 15 is 0 Å². The molecule has 0 aliphatic heterocycles. The highest BCUT2D eigenvalue weighted by Gasteiger charge is 2.28. The topological polar surface area (TPSA) is 55.1 Å². The zero-order valence-electron chi connectivity index (χ0n) is 10.8. The van der Waals surface area contributed by atoms with Crippen LogP contribution in [0.1, 0.15) is 37.4 Å². The van der Waals surface area contributed by atoms with Crippen molar-refractivity contribution in [2.45, 2.75) is 32.7 Å². The van der Waals surface area contributed by atoms with Crippen LogP contribution < -0.4 is 11.1 Å². The molecule has 0 bridgehead atoms. The zero-order valence-corrected chi connectivity index (χ0v) is 12.4. The first-order valence-corrected chi connectivity index (χ1v) is 7.01. The quantitative estimate of drug-likeness (QED) is 0.898. The van der Waals surface area contributed by atoms with Gasteiger partial charge in [-0.3, -0.25) is 4.79 Å². The van der Waals surface area contributed by atoms with E-state index in [0.717, 1.165) is 17.3 Å². The first-order valence-electron chi connectivity index (χ1n) is 6.22. The van der Waals surface area contributed by atoms with Gasteiger partial charge >= 0.3 is 0 Å². The average Bonchev–Trinajstić information content (AvgIpc) is 2.68. The summed E-state index contributed by atoms with van der Waals surface area (Å²) in [6.07, 6.45) is 2.17. The molecule has 0 heterocycles. The number of rotatable bonds is 4. The Morgan fingerprint density at radius 3 is 2.94 bits per heavy atom. The Morgan fingerprint density at radius 2 is 2.28 bits per heavy atom. The van der Waals surface area contributed by atoms with E-state index in [4.69, 9.17) is 5.73 Å². The Hall–Kier alpha value is -0.870. The molecule has 1 aliphatic carbocycles. The number of carbonyl (C=O) groups is 1. The fourth-order valence-electron chi connectivity index (χ4n) is 2.26. The third-order valence-corrected chi connectivity index (χ3v) is 4.13. The van der Waals surface area contributed by atoms with E-state index in [1.165, 1.54) is 11.1 Å². The van der Waals surface area contributed by atoms with Gasteiger partial charge in [0.2, 0.25) is 5.91 Å². The second-order valence-electron chi connectivity index (χ2n) is 5.56. The number of amides is 1. The van der Waals surface area contributed by atoms with Gasteiger partial charge in [-0.25, -0.2) is 0 Å². The first-order chi connectivity index (χ1) is 8.40. The molecule has 1 atom stereocenters. The van der Waals surface area contributed by atoms with Gasteiger partial charge in [0.05, 0.1) is 5.41 Å². The summed E-state index contributed by atoms with van der Waals surface area (Å²) in [5.74, 6) is -0.260. The molecule has 4 heteroatoms. The minimum absolute atomic E-state index is 0.260. The Kier molecular flexibility index (Phi) is 3.78. The highest BCUT2D eigenvalue weighted by molar-refractivity contribution is 9.10. The van der Waals surface area contributed by atoms with E-state index in [1.54, 1.807) is 0 Å². The molecular weight excluding hydrogens is 292 g/mol. The third kappa shape index (κ3) is 2.75. The molecule has 0 saturated heterocycles. The molecule has 0 aromatic heterocycles. The van der Waals surface area contributed by atoms with Crippen LogP contribution in [-0.4, -0.2) is 12.5 Å². The molecule has 0 saturated carbocycles.